The fraction of sp³-hybridized carbons (Fsp3) is 0.818. The van der Waals surface area contributed by atoms with Gasteiger partial charge in [-0.25, -0.2) is 0 Å². The van der Waals surface area contributed by atoms with Gasteiger partial charge in [0.25, 0.3) is 0 Å². The van der Waals surface area contributed by atoms with Crippen molar-refractivity contribution in [3.63, 3.8) is 0 Å². The molecule has 2 atom stereocenters. The van der Waals surface area contributed by atoms with Crippen molar-refractivity contribution >= 4 is 34.9 Å². The average molecular weight is 258 g/mol. The zero-order valence-electron chi connectivity index (χ0n) is 9.35. The molecule has 1 amide bonds. The van der Waals surface area contributed by atoms with Crippen molar-refractivity contribution in [3.05, 3.63) is 0 Å². The molecular weight excluding hydrogens is 240 g/mol. The van der Waals surface area contributed by atoms with Gasteiger partial charge in [0, 0.05) is 6.54 Å². The summed E-state index contributed by atoms with van der Waals surface area (Å²) in [6.45, 7) is 0.831. The number of rotatable bonds is 2. The van der Waals surface area contributed by atoms with Gasteiger partial charge in [0.05, 0.1) is 16.3 Å². The second-order valence-corrected chi connectivity index (χ2v) is 6.23. The predicted molar refractivity (Wildman–Crippen MR) is 71.6 cm³/mol. The summed E-state index contributed by atoms with van der Waals surface area (Å²) < 4.78 is 0. The van der Waals surface area contributed by atoms with Crippen molar-refractivity contribution < 1.29 is 4.79 Å². The van der Waals surface area contributed by atoms with Crippen LogP contribution in [-0.2, 0) is 4.79 Å². The van der Waals surface area contributed by atoms with E-state index < -0.39 is 0 Å². The van der Waals surface area contributed by atoms with E-state index in [1.165, 1.54) is 12.8 Å². The van der Waals surface area contributed by atoms with Gasteiger partial charge in [0.1, 0.15) is 0 Å². The molecule has 0 saturated carbocycles. The molecule has 0 aromatic carbocycles. The van der Waals surface area contributed by atoms with Gasteiger partial charge in [-0.2, -0.15) is 0 Å². The highest BCUT2D eigenvalue weighted by molar-refractivity contribution is 8.00. The number of hydrogen-bond acceptors (Lipinski definition) is 3. The first-order valence-electron chi connectivity index (χ1n) is 5.91. The molecule has 2 N–H and O–H groups in total. The summed E-state index contributed by atoms with van der Waals surface area (Å²) in [6.07, 6.45) is 5.41. The topological polar surface area (TPSA) is 46.3 Å². The van der Waals surface area contributed by atoms with E-state index in [-0.39, 0.29) is 17.2 Å². The van der Waals surface area contributed by atoms with Gasteiger partial charge in [-0.15, -0.1) is 11.8 Å². The molecule has 0 bridgehead atoms. The highest BCUT2D eigenvalue weighted by Gasteiger charge is 2.35. The Labute approximate surface area is 106 Å². The third-order valence-corrected chi connectivity index (χ3v) is 4.96. The van der Waals surface area contributed by atoms with E-state index >= 15 is 0 Å². The lowest BCUT2D eigenvalue weighted by molar-refractivity contribution is -0.130. The minimum Gasteiger partial charge on any atom is -0.392 e. The molecule has 90 valence electrons. The van der Waals surface area contributed by atoms with Gasteiger partial charge < -0.3 is 10.6 Å². The normalized spacial score (nSPS) is 30.4. The predicted octanol–water partition coefficient (Wildman–Crippen LogP) is 1.55. The molecule has 2 saturated heterocycles. The third-order valence-electron chi connectivity index (χ3n) is 3.32. The number of carbonyl (C=O) groups is 1. The van der Waals surface area contributed by atoms with Gasteiger partial charge >= 0.3 is 0 Å². The minimum atomic E-state index is 0.0185. The van der Waals surface area contributed by atoms with E-state index in [0.717, 1.165) is 31.6 Å². The lowest BCUT2D eigenvalue weighted by Gasteiger charge is -2.29. The SMILES string of the molecule is NC(=S)C1CCCN1C(=O)C1CCCCS1. The van der Waals surface area contributed by atoms with Gasteiger partial charge in [-0.3, -0.25) is 4.79 Å². The Morgan fingerprint density at radius 3 is 2.75 bits per heavy atom. The quantitative estimate of drug-likeness (QED) is 0.763. The zero-order valence-corrected chi connectivity index (χ0v) is 11.0. The van der Waals surface area contributed by atoms with E-state index in [4.69, 9.17) is 18.0 Å². The van der Waals surface area contributed by atoms with E-state index in [1.807, 2.05) is 4.90 Å². The maximum atomic E-state index is 12.3. The van der Waals surface area contributed by atoms with Crippen LogP contribution in [0.4, 0.5) is 0 Å². The molecule has 2 aliphatic heterocycles. The summed E-state index contributed by atoms with van der Waals surface area (Å²) in [5, 5.41) is 0.156. The minimum absolute atomic E-state index is 0.0185. The number of nitrogens with two attached hydrogens (primary N) is 1. The number of hydrogen-bond donors (Lipinski definition) is 1. The van der Waals surface area contributed by atoms with Crippen LogP contribution in [0.15, 0.2) is 0 Å². The van der Waals surface area contributed by atoms with Crippen LogP contribution >= 0.6 is 24.0 Å². The second-order valence-electron chi connectivity index (χ2n) is 4.45. The smallest absolute Gasteiger partial charge is 0.236 e. The Bertz CT molecular complexity index is 290. The Hall–Kier alpha value is -0.290. The van der Waals surface area contributed by atoms with E-state index in [0.29, 0.717) is 4.99 Å². The van der Waals surface area contributed by atoms with Crippen LogP contribution in [0, 0.1) is 0 Å². The molecule has 0 aliphatic carbocycles. The number of likely N-dealkylation sites (tertiary alicyclic amines) is 1. The first-order chi connectivity index (χ1) is 7.70. The van der Waals surface area contributed by atoms with E-state index in [1.54, 1.807) is 11.8 Å². The Balaban J connectivity index is 1.99. The lowest BCUT2D eigenvalue weighted by Crippen LogP contribution is -2.46. The molecule has 2 unspecified atom stereocenters. The highest BCUT2D eigenvalue weighted by atomic mass is 32.2. The zero-order chi connectivity index (χ0) is 11.5. The average Bonchev–Trinajstić information content (AvgIpc) is 2.78. The lowest BCUT2D eigenvalue weighted by atomic mass is 10.1. The number of thioether (sulfide) groups is 1. The van der Waals surface area contributed by atoms with Gasteiger partial charge in [-0.05, 0) is 31.4 Å². The number of thiocarbonyl (C=S) groups is 1. The molecule has 2 aliphatic rings. The molecule has 16 heavy (non-hydrogen) atoms. The van der Waals surface area contributed by atoms with Gasteiger partial charge in [-0.1, -0.05) is 18.6 Å². The molecule has 2 heterocycles. The Morgan fingerprint density at radius 1 is 1.31 bits per heavy atom. The molecule has 5 heteroatoms. The van der Waals surface area contributed by atoms with Crippen molar-refractivity contribution in [2.24, 2.45) is 5.73 Å². The molecule has 3 nitrogen and oxygen atoms in total. The second kappa shape index (κ2) is 5.36. The summed E-state index contributed by atoms with van der Waals surface area (Å²) in [5.41, 5.74) is 5.69. The number of carbonyl (C=O) groups excluding carboxylic acids is 1. The standard InChI is InChI=1S/C11H18N2OS2/c12-10(15)8-4-3-6-13(8)11(14)9-5-1-2-7-16-9/h8-9H,1-7H2,(H2,12,15). The first kappa shape index (κ1) is 12.2. The maximum absolute atomic E-state index is 12.3. The first-order valence-corrected chi connectivity index (χ1v) is 7.37. The van der Waals surface area contributed by atoms with Crippen LogP contribution < -0.4 is 5.73 Å². The molecule has 0 radical (unpaired) electrons. The van der Waals surface area contributed by atoms with Gasteiger partial charge in [0.2, 0.25) is 5.91 Å². The van der Waals surface area contributed by atoms with Crippen molar-refractivity contribution in [3.8, 4) is 0 Å². The van der Waals surface area contributed by atoms with Gasteiger partial charge in [0.15, 0.2) is 0 Å². The fourth-order valence-electron chi connectivity index (χ4n) is 2.45. The number of amides is 1. The maximum Gasteiger partial charge on any atom is 0.236 e. The molecular formula is C11H18N2OS2. The van der Waals surface area contributed by atoms with Crippen molar-refractivity contribution in [2.45, 2.75) is 43.4 Å². The molecule has 2 rings (SSSR count). The van der Waals surface area contributed by atoms with Crippen LogP contribution in [0.5, 0.6) is 0 Å². The Kier molecular flexibility index (Phi) is 4.08. The monoisotopic (exact) mass is 258 g/mol. The summed E-state index contributed by atoms with van der Waals surface area (Å²) in [7, 11) is 0. The van der Waals surface area contributed by atoms with E-state index in [9.17, 15) is 4.79 Å². The third kappa shape index (κ3) is 2.51. The van der Waals surface area contributed by atoms with Crippen LogP contribution in [0.25, 0.3) is 0 Å². The molecule has 2 fully saturated rings. The highest BCUT2D eigenvalue weighted by Crippen LogP contribution is 2.29. The largest absolute Gasteiger partial charge is 0.392 e. The van der Waals surface area contributed by atoms with Crippen LogP contribution in [0.3, 0.4) is 0 Å². The van der Waals surface area contributed by atoms with Crippen molar-refractivity contribution in [2.75, 3.05) is 12.3 Å². The van der Waals surface area contributed by atoms with Crippen molar-refractivity contribution in [1.82, 2.24) is 4.90 Å². The molecule has 0 aromatic rings. The molecule has 0 spiro atoms. The molecule has 0 aromatic heterocycles. The fourth-order valence-corrected chi connectivity index (χ4v) is 3.96. The van der Waals surface area contributed by atoms with Crippen LogP contribution in [-0.4, -0.2) is 39.4 Å². The summed E-state index contributed by atoms with van der Waals surface area (Å²) in [6, 6.07) is 0.0185. The summed E-state index contributed by atoms with van der Waals surface area (Å²) in [5.74, 6) is 1.38. The van der Waals surface area contributed by atoms with Crippen LogP contribution in [0.2, 0.25) is 0 Å². The Morgan fingerprint density at radius 2 is 2.12 bits per heavy atom. The van der Waals surface area contributed by atoms with E-state index in [2.05, 4.69) is 0 Å². The van der Waals surface area contributed by atoms with Crippen molar-refractivity contribution in [1.29, 1.82) is 0 Å². The van der Waals surface area contributed by atoms with Crippen LogP contribution in [0.1, 0.15) is 32.1 Å². The summed E-state index contributed by atoms with van der Waals surface area (Å²) >= 11 is 6.83. The summed E-state index contributed by atoms with van der Waals surface area (Å²) in [4.78, 5) is 14.7. The number of nitrogens with zero attached hydrogens (tertiary/aromatic N) is 1.